The zero-order valence-corrected chi connectivity index (χ0v) is 15.2. The highest BCUT2D eigenvalue weighted by Crippen LogP contribution is 2.25. The van der Waals surface area contributed by atoms with E-state index in [1.807, 2.05) is 6.07 Å². The van der Waals surface area contributed by atoms with E-state index in [4.69, 9.17) is 11.6 Å². The van der Waals surface area contributed by atoms with E-state index in [0.717, 1.165) is 17.6 Å². The van der Waals surface area contributed by atoms with Crippen LogP contribution in [0.5, 0.6) is 0 Å². The molecule has 1 saturated heterocycles. The number of hydrogen-bond donors (Lipinski definition) is 2. The van der Waals surface area contributed by atoms with Crippen LogP contribution in [0.15, 0.2) is 22.7 Å². The van der Waals surface area contributed by atoms with E-state index in [2.05, 4.69) is 45.3 Å². The maximum atomic E-state index is 12.1. The van der Waals surface area contributed by atoms with Crippen LogP contribution in [0.4, 0.5) is 5.69 Å². The highest BCUT2D eigenvalue weighted by Gasteiger charge is 2.22. The van der Waals surface area contributed by atoms with Gasteiger partial charge in [-0.3, -0.25) is 9.69 Å². The van der Waals surface area contributed by atoms with Crippen molar-refractivity contribution in [2.45, 2.75) is 25.9 Å². The maximum Gasteiger partial charge on any atom is 0.238 e. The van der Waals surface area contributed by atoms with Crippen LogP contribution in [0, 0.1) is 0 Å². The van der Waals surface area contributed by atoms with Crippen LogP contribution in [-0.4, -0.2) is 42.5 Å². The summed E-state index contributed by atoms with van der Waals surface area (Å²) >= 11 is 9.44. The number of benzene rings is 1. The molecule has 1 amide bonds. The van der Waals surface area contributed by atoms with E-state index in [9.17, 15) is 4.79 Å². The van der Waals surface area contributed by atoms with Crippen LogP contribution >= 0.6 is 39.9 Å². The third kappa shape index (κ3) is 5.75. The third-order valence-corrected chi connectivity index (χ3v) is 4.01. The molecule has 1 aliphatic rings. The molecule has 2 atom stereocenters. The fourth-order valence-corrected chi connectivity index (χ4v) is 3.27. The Morgan fingerprint density at radius 3 is 2.62 bits per heavy atom. The summed E-state index contributed by atoms with van der Waals surface area (Å²) in [6.45, 7) is 6.42. The third-order valence-electron chi connectivity index (χ3n) is 3.21. The standard InChI is InChI=1S/C14H19BrClN3O.ClH/c1-9-6-19(7-10(2)17-9)8-14(20)18-13-4-3-11(15)5-12(13)16;/h3-5,9-10,17H,6-8H2,1-2H3,(H,18,20);1H. The van der Waals surface area contributed by atoms with Crippen LogP contribution in [0.2, 0.25) is 5.02 Å². The van der Waals surface area contributed by atoms with Crippen molar-refractivity contribution >= 4 is 51.5 Å². The van der Waals surface area contributed by atoms with Crippen molar-refractivity contribution in [3.63, 3.8) is 0 Å². The van der Waals surface area contributed by atoms with E-state index in [1.165, 1.54) is 0 Å². The monoisotopic (exact) mass is 395 g/mol. The van der Waals surface area contributed by atoms with Gasteiger partial charge in [-0.05, 0) is 32.0 Å². The molecule has 118 valence electrons. The molecule has 1 fully saturated rings. The Labute approximate surface area is 145 Å². The summed E-state index contributed by atoms with van der Waals surface area (Å²) in [4.78, 5) is 14.2. The average molecular weight is 397 g/mol. The van der Waals surface area contributed by atoms with Crippen LogP contribution in [-0.2, 0) is 4.79 Å². The lowest BCUT2D eigenvalue weighted by Crippen LogP contribution is -2.55. The van der Waals surface area contributed by atoms with E-state index < -0.39 is 0 Å². The summed E-state index contributed by atoms with van der Waals surface area (Å²) in [6, 6.07) is 6.24. The predicted molar refractivity (Wildman–Crippen MR) is 93.5 cm³/mol. The molecule has 2 rings (SSSR count). The first-order valence-corrected chi connectivity index (χ1v) is 7.84. The van der Waals surface area contributed by atoms with Gasteiger partial charge in [0.05, 0.1) is 17.3 Å². The SMILES string of the molecule is CC1CN(CC(=O)Nc2ccc(Br)cc2Cl)CC(C)N1.Cl. The zero-order valence-electron chi connectivity index (χ0n) is 12.0. The minimum Gasteiger partial charge on any atom is -0.324 e. The Hall–Kier alpha value is -0.330. The molecule has 0 aromatic heterocycles. The Balaban J connectivity index is 0.00000220. The zero-order chi connectivity index (χ0) is 14.7. The number of carbonyl (C=O) groups excluding carboxylic acids is 1. The average Bonchev–Trinajstić information content (AvgIpc) is 2.31. The fraction of sp³-hybridized carbons (Fsp3) is 0.500. The smallest absolute Gasteiger partial charge is 0.238 e. The van der Waals surface area contributed by atoms with Crippen molar-refractivity contribution in [1.82, 2.24) is 10.2 Å². The largest absolute Gasteiger partial charge is 0.324 e. The molecule has 1 aromatic carbocycles. The minimum atomic E-state index is -0.0319. The highest BCUT2D eigenvalue weighted by molar-refractivity contribution is 9.10. The van der Waals surface area contributed by atoms with E-state index in [-0.39, 0.29) is 18.3 Å². The van der Waals surface area contributed by atoms with Crippen LogP contribution in [0.3, 0.4) is 0 Å². The van der Waals surface area contributed by atoms with Crippen molar-refractivity contribution in [3.8, 4) is 0 Å². The van der Waals surface area contributed by atoms with Gasteiger partial charge in [0.25, 0.3) is 0 Å². The van der Waals surface area contributed by atoms with Crippen molar-refractivity contribution in [1.29, 1.82) is 0 Å². The highest BCUT2D eigenvalue weighted by atomic mass is 79.9. The molecule has 0 spiro atoms. The lowest BCUT2D eigenvalue weighted by atomic mass is 10.1. The van der Waals surface area contributed by atoms with Gasteiger partial charge in [0.2, 0.25) is 5.91 Å². The molecular weight excluding hydrogens is 377 g/mol. The molecule has 1 aromatic rings. The van der Waals surface area contributed by atoms with E-state index in [1.54, 1.807) is 12.1 Å². The summed E-state index contributed by atoms with van der Waals surface area (Å²) < 4.78 is 0.894. The van der Waals surface area contributed by atoms with Gasteiger partial charge in [0, 0.05) is 29.6 Å². The summed E-state index contributed by atoms with van der Waals surface area (Å²) in [6.07, 6.45) is 0. The molecule has 7 heteroatoms. The van der Waals surface area contributed by atoms with Crippen molar-refractivity contribution in [2.75, 3.05) is 25.0 Å². The molecule has 1 aliphatic heterocycles. The lowest BCUT2D eigenvalue weighted by Gasteiger charge is -2.35. The molecule has 4 nitrogen and oxygen atoms in total. The summed E-state index contributed by atoms with van der Waals surface area (Å²) in [7, 11) is 0. The molecule has 21 heavy (non-hydrogen) atoms. The first-order valence-electron chi connectivity index (χ1n) is 6.67. The lowest BCUT2D eigenvalue weighted by molar-refractivity contribution is -0.117. The van der Waals surface area contributed by atoms with Crippen LogP contribution < -0.4 is 10.6 Å². The van der Waals surface area contributed by atoms with Crippen molar-refractivity contribution in [2.24, 2.45) is 0 Å². The van der Waals surface area contributed by atoms with Gasteiger partial charge < -0.3 is 10.6 Å². The molecule has 0 saturated carbocycles. The summed E-state index contributed by atoms with van der Waals surface area (Å²) in [5, 5.41) is 6.85. The molecule has 0 aliphatic carbocycles. The Bertz CT molecular complexity index is 491. The number of amides is 1. The van der Waals surface area contributed by atoms with Gasteiger partial charge in [0.1, 0.15) is 0 Å². The van der Waals surface area contributed by atoms with Crippen LogP contribution in [0.25, 0.3) is 0 Å². The Kier molecular flexibility index (Phi) is 7.44. The van der Waals surface area contributed by atoms with E-state index >= 15 is 0 Å². The normalized spacial score (nSPS) is 22.5. The Morgan fingerprint density at radius 1 is 1.43 bits per heavy atom. The molecular formula is C14H20BrCl2N3O. The van der Waals surface area contributed by atoms with Crippen molar-refractivity contribution < 1.29 is 4.79 Å². The summed E-state index contributed by atoms with van der Waals surface area (Å²) in [5.74, 6) is -0.0319. The number of rotatable bonds is 3. The van der Waals surface area contributed by atoms with Gasteiger partial charge in [0.15, 0.2) is 0 Å². The predicted octanol–water partition coefficient (Wildman–Crippen LogP) is 3.15. The van der Waals surface area contributed by atoms with E-state index in [0.29, 0.717) is 29.3 Å². The molecule has 2 N–H and O–H groups in total. The fourth-order valence-electron chi connectivity index (χ4n) is 2.55. The summed E-state index contributed by atoms with van der Waals surface area (Å²) in [5.41, 5.74) is 0.649. The Morgan fingerprint density at radius 2 is 2.05 bits per heavy atom. The second-order valence-corrected chi connectivity index (χ2v) is 6.66. The van der Waals surface area contributed by atoms with Crippen molar-refractivity contribution in [3.05, 3.63) is 27.7 Å². The van der Waals surface area contributed by atoms with Crippen LogP contribution in [0.1, 0.15) is 13.8 Å². The molecule has 0 radical (unpaired) electrons. The second kappa shape index (κ2) is 8.34. The molecule has 1 heterocycles. The topological polar surface area (TPSA) is 44.4 Å². The molecule has 0 bridgehead atoms. The number of hydrogen-bond acceptors (Lipinski definition) is 3. The number of piperazine rings is 1. The number of nitrogens with zero attached hydrogens (tertiary/aromatic N) is 1. The number of nitrogens with one attached hydrogen (secondary N) is 2. The first-order chi connectivity index (χ1) is 9.44. The number of anilines is 1. The minimum absolute atomic E-state index is 0. The van der Waals surface area contributed by atoms with Gasteiger partial charge in [-0.25, -0.2) is 0 Å². The van der Waals surface area contributed by atoms with Gasteiger partial charge in [-0.15, -0.1) is 12.4 Å². The number of halogens is 3. The maximum absolute atomic E-state index is 12.1. The van der Waals surface area contributed by atoms with Gasteiger partial charge in [-0.2, -0.15) is 0 Å². The number of carbonyl (C=O) groups is 1. The first kappa shape index (κ1) is 18.7. The molecule has 2 unspecified atom stereocenters. The van der Waals surface area contributed by atoms with Gasteiger partial charge in [-0.1, -0.05) is 27.5 Å². The quantitative estimate of drug-likeness (QED) is 0.824. The second-order valence-electron chi connectivity index (χ2n) is 5.34. The van der Waals surface area contributed by atoms with Gasteiger partial charge >= 0.3 is 0 Å².